The molecule has 0 unspecified atom stereocenters. The first kappa shape index (κ1) is 16.0. The van der Waals surface area contributed by atoms with Crippen LogP contribution in [0.5, 0.6) is 0 Å². The minimum atomic E-state index is -2.74. The van der Waals surface area contributed by atoms with Crippen LogP contribution in [0.3, 0.4) is 0 Å². The van der Waals surface area contributed by atoms with Crippen LogP contribution in [-0.4, -0.2) is 26.6 Å². The number of hydrogen-bond donors (Lipinski definition) is 0. The van der Waals surface area contributed by atoms with Gasteiger partial charge in [-0.3, -0.25) is 0 Å². The molecule has 0 N–H and O–H groups in total. The smallest absolute Gasteiger partial charge is 0.173 e. The number of hydrogen-bond acceptors (Lipinski definition) is 0. The molecule has 0 aromatic heterocycles. The van der Waals surface area contributed by atoms with Gasteiger partial charge in [0.25, 0.3) is 0 Å². The van der Waals surface area contributed by atoms with Crippen molar-refractivity contribution in [3.05, 3.63) is 0 Å². The molecule has 0 nitrogen and oxygen atoms in total. The third-order valence-corrected chi connectivity index (χ3v) is 87.4. The molecule has 8 heteroatoms. The predicted octanol–water partition coefficient (Wildman–Crippen LogP) is 4.74. The summed E-state index contributed by atoms with van der Waals surface area (Å²) in [5.41, 5.74) is -2.74. The fourth-order valence-corrected chi connectivity index (χ4v) is 99.3. The molecule has 0 aromatic rings. The van der Waals surface area contributed by atoms with Crippen molar-refractivity contribution in [2.24, 2.45) is 0 Å². The van der Waals surface area contributed by atoms with Crippen LogP contribution in [0.4, 0.5) is 0 Å². The van der Waals surface area contributed by atoms with E-state index in [4.69, 9.17) is 44.3 Å². The Morgan fingerprint density at radius 3 is 0.786 bits per heavy atom. The van der Waals surface area contributed by atoms with E-state index in [0.717, 1.165) is 0 Å². The lowest BCUT2D eigenvalue weighted by Crippen LogP contribution is -2.77. The van der Waals surface area contributed by atoms with Crippen LogP contribution >= 0.6 is 44.3 Å². The van der Waals surface area contributed by atoms with Gasteiger partial charge in [-0.15, -0.1) is 33.2 Å². The summed E-state index contributed by atoms with van der Waals surface area (Å²) < 4.78 is 0. The van der Waals surface area contributed by atoms with Gasteiger partial charge in [-0.05, 0) is 0 Å². The molecule has 14 heavy (non-hydrogen) atoms. The van der Waals surface area contributed by atoms with Gasteiger partial charge in [0.05, 0.1) is 15.2 Å². The van der Waals surface area contributed by atoms with Gasteiger partial charge in [-0.2, -0.15) is 11.1 Å². The second-order valence-corrected chi connectivity index (χ2v) is 53.7. The highest BCUT2D eigenvalue weighted by molar-refractivity contribution is 8.17. The lowest BCUT2D eigenvalue weighted by atomic mass is 11.8. The van der Waals surface area contributed by atoms with Crippen molar-refractivity contribution in [1.29, 1.82) is 0 Å². The number of halogens is 4. The normalized spacial score (nSPS) is 15.9. The van der Waals surface area contributed by atoms with Crippen LogP contribution in [0, 0.1) is 0 Å². The fraction of sp³-hybridized carbons (Fsp3) is 1.00. The van der Waals surface area contributed by atoms with E-state index in [1.807, 2.05) is 0 Å². The average Bonchev–Trinajstić information content (AvgIpc) is 1.77. The van der Waals surface area contributed by atoms with Gasteiger partial charge < -0.3 is 0 Å². The molecular formula is C6H18Cl4Si4. The summed E-state index contributed by atoms with van der Waals surface area (Å²) in [5, 5.41) is 0. The zero-order chi connectivity index (χ0) is 12.0. The largest absolute Gasteiger partial charge is 0.336 e. The van der Waals surface area contributed by atoms with E-state index >= 15 is 0 Å². The van der Waals surface area contributed by atoms with Gasteiger partial charge in [-0.25, -0.2) is 0 Å². The van der Waals surface area contributed by atoms with Gasteiger partial charge in [0.1, 0.15) is 0 Å². The maximum atomic E-state index is 6.90. The maximum absolute atomic E-state index is 6.90. The van der Waals surface area contributed by atoms with E-state index in [1.165, 1.54) is 0 Å². The first-order valence-corrected chi connectivity index (χ1v) is 22.6. The summed E-state index contributed by atoms with van der Waals surface area (Å²) in [4.78, 5) is 0. The highest BCUT2D eigenvalue weighted by Crippen LogP contribution is 2.45. The molecule has 0 atom stereocenters. The van der Waals surface area contributed by atoms with Crippen molar-refractivity contribution in [3.63, 3.8) is 0 Å². The van der Waals surface area contributed by atoms with Crippen LogP contribution < -0.4 is 0 Å². The molecule has 0 aromatic carbocycles. The van der Waals surface area contributed by atoms with E-state index in [9.17, 15) is 0 Å². The second kappa shape index (κ2) is 4.36. The zero-order valence-electron chi connectivity index (χ0n) is 9.51. The van der Waals surface area contributed by atoms with Crippen molar-refractivity contribution in [1.82, 2.24) is 0 Å². The van der Waals surface area contributed by atoms with Gasteiger partial charge >= 0.3 is 5.52 Å². The molecule has 0 saturated heterocycles. The fourth-order valence-electron chi connectivity index (χ4n) is 1.98. The van der Waals surface area contributed by atoms with Crippen molar-refractivity contribution in [2.75, 3.05) is 0 Å². The van der Waals surface area contributed by atoms with Crippen molar-refractivity contribution in [3.8, 4) is 0 Å². The molecule has 0 fully saturated rings. The minimum absolute atomic E-state index is 1.55. The lowest BCUT2D eigenvalue weighted by molar-refractivity contribution is 1.80. The van der Waals surface area contributed by atoms with Crippen LogP contribution in [-0.2, 0) is 0 Å². The Hall–Kier alpha value is 2.03. The molecule has 0 aliphatic heterocycles. The number of rotatable bonds is 3. The standard InChI is InChI=1S/C6H18Cl4Si4/c1-11(2,3)14(10,12(4,5)6)13(7,8)9/h1-6H3. The summed E-state index contributed by atoms with van der Waals surface area (Å²) in [5.74, 6) is -2.17. The van der Waals surface area contributed by atoms with Gasteiger partial charge in [0.2, 0.25) is 0 Å². The molecule has 0 heterocycles. The van der Waals surface area contributed by atoms with Crippen LogP contribution in [0.25, 0.3) is 0 Å². The van der Waals surface area contributed by atoms with E-state index in [2.05, 4.69) is 39.3 Å². The third-order valence-electron chi connectivity index (χ3n) is 2.46. The van der Waals surface area contributed by atoms with Crippen LogP contribution in [0.15, 0.2) is 0 Å². The molecule has 0 radical (unpaired) electrons. The van der Waals surface area contributed by atoms with Gasteiger partial charge in [0.15, 0.2) is 5.94 Å². The SMILES string of the molecule is C[Si](C)(C)[Si](Cl)([Si](C)(C)C)[Si](Cl)(Cl)Cl. The Bertz CT molecular complexity index is 175. The lowest BCUT2D eigenvalue weighted by Gasteiger charge is -2.47. The van der Waals surface area contributed by atoms with Crippen molar-refractivity contribution in [2.45, 2.75) is 39.3 Å². The first-order chi connectivity index (χ1) is 5.75. The monoisotopic (exact) mass is 342 g/mol. The highest BCUT2D eigenvalue weighted by Gasteiger charge is 2.67. The zero-order valence-corrected chi connectivity index (χ0v) is 16.5. The topological polar surface area (TPSA) is 0 Å². The highest BCUT2D eigenvalue weighted by atomic mass is 35.9. The van der Waals surface area contributed by atoms with Gasteiger partial charge in [-0.1, -0.05) is 39.3 Å². The molecule has 0 aliphatic carbocycles. The third kappa shape index (κ3) is 2.83. The molecular weight excluding hydrogens is 326 g/mol. The van der Waals surface area contributed by atoms with E-state index in [-0.39, 0.29) is 0 Å². The Morgan fingerprint density at radius 1 is 0.571 bits per heavy atom. The van der Waals surface area contributed by atoms with E-state index in [0.29, 0.717) is 0 Å². The molecule has 86 valence electrons. The molecule has 0 saturated carbocycles. The van der Waals surface area contributed by atoms with Crippen molar-refractivity contribution >= 4 is 71.0 Å². The Kier molecular flexibility index (Phi) is 5.00. The van der Waals surface area contributed by atoms with Crippen LogP contribution in [0.1, 0.15) is 0 Å². The summed E-state index contributed by atoms with van der Waals surface area (Å²) in [6, 6.07) is 0. The maximum Gasteiger partial charge on any atom is 0.336 e. The summed E-state index contributed by atoms with van der Waals surface area (Å²) in [6.45, 7) is 13.5. The molecule has 0 spiro atoms. The molecule has 0 rings (SSSR count). The van der Waals surface area contributed by atoms with E-state index < -0.39 is 26.6 Å². The summed E-state index contributed by atoms with van der Waals surface area (Å²) >= 11 is 25.7. The molecule has 0 aliphatic rings. The summed E-state index contributed by atoms with van der Waals surface area (Å²) in [7, 11) is -3.10. The van der Waals surface area contributed by atoms with Gasteiger partial charge in [0, 0.05) is 0 Å². The Balaban J connectivity index is 5.54. The molecule has 0 amide bonds. The quantitative estimate of drug-likeness (QED) is 0.513. The molecule has 0 bridgehead atoms. The minimum Gasteiger partial charge on any atom is -0.173 e. The van der Waals surface area contributed by atoms with E-state index in [1.54, 1.807) is 0 Å². The summed E-state index contributed by atoms with van der Waals surface area (Å²) in [6.07, 6.45) is 0. The van der Waals surface area contributed by atoms with Crippen molar-refractivity contribution < 1.29 is 0 Å². The Labute approximate surface area is 109 Å². The van der Waals surface area contributed by atoms with Crippen LogP contribution in [0.2, 0.25) is 39.3 Å². The average molecular weight is 344 g/mol. The predicted molar refractivity (Wildman–Crippen MR) is 81.6 cm³/mol. The second-order valence-electron chi connectivity index (χ2n) is 5.66. The first-order valence-electron chi connectivity index (χ1n) is 4.51. The Morgan fingerprint density at radius 2 is 0.786 bits per heavy atom.